The lowest BCUT2D eigenvalue weighted by Gasteiger charge is -2.26. The van der Waals surface area contributed by atoms with Crippen molar-refractivity contribution in [3.8, 4) is 11.4 Å². The number of aliphatic imine (C=N–C) groups is 1. The monoisotopic (exact) mass is 386 g/mol. The Labute approximate surface area is 166 Å². The summed E-state index contributed by atoms with van der Waals surface area (Å²) in [6.07, 6.45) is 1.95. The molecule has 1 aromatic heterocycles. The van der Waals surface area contributed by atoms with Crippen molar-refractivity contribution >= 4 is 5.96 Å². The summed E-state index contributed by atoms with van der Waals surface area (Å²) in [6, 6.07) is 9.81. The molecule has 0 aliphatic carbocycles. The average molecular weight is 387 g/mol. The van der Waals surface area contributed by atoms with E-state index >= 15 is 0 Å². The number of guanidine groups is 1. The smallest absolute Gasteiger partial charge is 0.191 e. The summed E-state index contributed by atoms with van der Waals surface area (Å²) in [7, 11) is 1.66. The first kappa shape index (κ1) is 20.2. The number of ether oxygens (including phenoxy) is 2. The Bertz CT molecular complexity index is 737. The highest BCUT2D eigenvalue weighted by molar-refractivity contribution is 5.79. The van der Waals surface area contributed by atoms with Gasteiger partial charge in [-0.2, -0.15) is 5.10 Å². The number of morpholine rings is 1. The van der Waals surface area contributed by atoms with Crippen molar-refractivity contribution in [1.82, 2.24) is 25.3 Å². The van der Waals surface area contributed by atoms with Crippen molar-refractivity contribution in [1.29, 1.82) is 0 Å². The van der Waals surface area contributed by atoms with Crippen LogP contribution in [0.1, 0.15) is 12.6 Å². The van der Waals surface area contributed by atoms with E-state index in [0.717, 1.165) is 69.0 Å². The lowest BCUT2D eigenvalue weighted by molar-refractivity contribution is 0.0389. The van der Waals surface area contributed by atoms with Crippen molar-refractivity contribution in [2.75, 3.05) is 53.0 Å². The van der Waals surface area contributed by atoms with Crippen LogP contribution in [0.25, 0.3) is 5.69 Å². The molecule has 2 N–H and O–H groups in total. The highest BCUT2D eigenvalue weighted by Crippen LogP contribution is 2.14. The molecule has 2 heterocycles. The zero-order chi connectivity index (χ0) is 19.6. The molecule has 1 fully saturated rings. The van der Waals surface area contributed by atoms with Crippen LogP contribution in [0.15, 0.2) is 41.5 Å². The third-order valence-corrected chi connectivity index (χ3v) is 4.55. The number of rotatable bonds is 8. The first-order valence-corrected chi connectivity index (χ1v) is 9.79. The number of methoxy groups -OCH3 is 1. The Morgan fingerprint density at radius 1 is 1.18 bits per heavy atom. The molecule has 1 saturated heterocycles. The van der Waals surface area contributed by atoms with Gasteiger partial charge in [0.15, 0.2) is 5.96 Å². The van der Waals surface area contributed by atoms with Gasteiger partial charge in [-0.3, -0.25) is 4.90 Å². The van der Waals surface area contributed by atoms with Crippen LogP contribution in [0, 0.1) is 0 Å². The Hall–Kier alpha value is -2.58. The second-order valence-corrected chi connectivity index (χ2v) is 6.53. The van der Waals surface area contributed by atoms with Gasteiger partial charge >= 0.3 is 0 Å². The summed E-state index contributed by atoms with van der Waals surface area (Å²) >= 11 is 0. The Morgan fingerprint density at radius 2 is 1.96 bits per heavy atom. The predicted molar refractivity (Wildman–Crippen MR) is 110 cm³/mol. The highest BCUT2D eigenvalue weighted by Gasteiger charge is 2.09. The second kappa shape index (κ2) is 10.7. The molecule has 0 bridgehead atoms. The molecule has 8 heteroatoms. The summed E-state index contributed by atoms with van der Waals surface area (Å²) in [5.74, 6) is 1.65. The molecule has 0 atom stereocenters. The van der Waals surface area contributed by atoms with Crippen LogP contribution < -0.4 is 15.4 Å². The summed E-state index contributed by atoms with van der Waals surface area (Å²) in [5, 5.41) is 11.3. The number of nitrogens with one attached hydrogen (secondary N) is 2. The zero-order valence-corrected chi connectivity index (χ0v) is 16.7. The van der Waals surface area contributed by atoms with E-state index in [-0.39, 0.29) is 0 Å². The van der Waals surface area contributed by atoms with E-state index < -0.39 is 0 Å². The zero-order valence-electron chi connectivity index (χ0n) is 16.7. The molecular weight excluding hydrogens is 356 g/mol. The number of aromatic nitrogens is 2. The Balaban J connectivity index is 1.52. The fourth-order valence-corrected chi connectivity index (χ4v) is 2.98. The van der Waals surface area contributed by atoms with Crippen molar-refractivity contribution < 1.29 is 9.47 Å². The lowest BCUT2D eigenvalue weighted by atomic mass is 10.3. The maximum atomic E-state index is 5.39. The topological polar surface area (TPSA) is 75.9 Å². The van der Waals surface area contributed by atoms with Crippen molar-refractivity contribution in [2.24, 2.45) is 4.99 Å². The van der Waals surface area contributed by atoms with Crippen molar-refractivity contribution in [3.63, 3.8) is 0 Å². The second-order valence-electron chi connectivity index (χ2n) is 6.53. The Morgan fingerprint density at radius 3 is 2.68 bits per heavy atom. The van der Waals surface area contributed by atoms with E-state index in [1.54, 1.807) is 7.11 Å². The largest absolute Gasteiger partial charge is 0.497 e. The van der Waals surface area contributed by atoms with Gasteiger partial charge in [0, 0.05) is 38.9 Å². The van der Waals surface area contributed by atoms with Crippen LogP contribution >= 0.6 is 0 Å². The quantitative estimate of drug-likeness (QED) is 0.526. The van der Waals surface area contributed by atoms with E-state index in [2.05, 4.69) is 32.5 Å². The van der Waals surface area contributed by atoms with Crippen molar-refractivity contribution in [2.45, 2.75) is 13.5 Å². The molecule has 0 saturated carbocycles. The minimum absolute atomic E-state index is 0.524. The van der Waals surface area contributed by atoms with Gasteiger partial charge in [-0.15, -0.1) is 0 Å². The molecule has 0 radical (unpaired) electrons. The standard InChI is InChI=1S/C20H30N6O2/c1-3-21-20(22-9-11-25-12-14-28-15-13-25)23-16-17-8-10-26(24-17)18-4-6-19(27-2)7-5-18/h4-8,10H,3,9,11-16H2,1-2H3,(H2,21,22,23). The summed E-state index contributed by atoms with van der Waals surface area (Å²) < 4.78 is 12.4. The molecule has 28 heavy (non-hydrogen) atoms. The van der Waals surface area contributed by atoms with Crippen LogP contribution in [0.4, 0.5) is 0 Å². The van der Waals surface area contributed by atoms with Gasteiger partial charge in [-0.05, 0) is 37.3 Å². The average Bonchev–Trinajstić information content (AvgIpc) is 3.22. The highest BCUT2D eigenvalue weighted by atomic mass is 16.5. The fraction of sp³-hybridized carbons (Fsp3) is 0.500. The Kier molecular flexibility index (Phi) is 7.69. The van der Waals surface area contributed by atoms with E-state index in [1.807, 2.05) is 41.2 Å². The van der Waals surface area contributed by atoms with Gasteiger partial charge in [0.25, 0.3) is 0 Å². The van der Waals surface area contributed by atoms with Crippen LogP contribution in [0.5, 0.6) is 5.75 Å². The molecule has 2 aromatic rings. The molecule has 0 spiro atoms. The first-order valence-electron chi connectivity index (χ1n) is 9.79. The first-order chi connectivity index (χ1) is 13.8. The van der Waals surface area contributed by atoms with Gasteiger partial charge in [-0.1, -0.05) is 0 Å². The maximum Gasteiger partial charge on any atom is 0.191 e. The summed E-state index contributed by atoms with van der Waals surface area (Å²) in [5.41, 5.74) is 1.91. The van der Waals surface area contributed by atoms with E-state index in [0.29, 0.717) is 6.54 Å². The van der Waals surface area contributed by atoms with E-state index in [4.69, 9.17) is 9.47 Å². The molecule has 8 nitrogen and oxygen atoms in total. The maximum absolute atomic E-state index is 5.39. The van der Waals surface area contributed by atoms with Crippen LogP contribution in [-0.4, -0.2) is 73.7 Å². The normalized spacial score (nSPS) is 15.4. The number of hydrogen-bond acceptors (Lipinski definition) is 5. The minimum Gasteiger partial charge on any atom is -0.497 e. The summed E-state index contributed by atoms with van der Waals surface area (Å²) in [4.78, 5) is 7.06. The van der Waals surface area contributed by atoms with Gasteiger partial charge in [0.1, 0.15) is 5.75 Å². The fourth-order valence-electron chi connectivity index (χ4n) is 2.98. The third-order valence-electron chi connectivity index (χ3n) is 4.55. The molecule has 1 aliphatic heterocycles. The molecular formula is C20H30N6O2. The van der Waals surface area contributed by atoms with Crippen LogP contribution in [0.2, 0.25) is 0 Å². The number of hydrogen-bond donors (Lipinski definition) is 2. The van der Waals surface area contributed by atoms with Crippen LogP contribution in [-0.2, 0) is 11.3 Å². The predicted octanol–water partition coefficient (Wildman–Crippen LogP) is 1.27. The molecule has 1 aliphatic rings. The van der Waals surface area contributed by atoms with Crippen molar-refractivity contribution in [3.05, 3.63) is 42.2 Å². The molecule has 3 rings (SSSR count). The third kappa shape index (κ3) is 5.97. The lowest BCUT2D eigenvalue weighted by Crippen LogP contribution is -2.44. The van der Waals surface area contributed by atoms with Gasteiger partial charge in [-0.25, -0.2) is 9.67 Å². The van der Waals surface area contributed by atoms with Crippen LogP contribution in [0.3, 0.4) is 0 Å². The molecule has 0 unspecified atom stereocenters. The molecule has 1 aromatic carbocycles. The van der Waals surface area contributed by atoms with E-state index in [9.17, 15) is 0 Å². The molecule has 152 valence electrons. The molecule has 0 amide bonds. The van der Waals surface area contributed by atoms with E-state index in [1.165, 1.54) is 0 Å². The number of nitrogens with zero attached hydrogens (tertiary/aromatic N) is 4. The summed E-state index contributed by atoms with van der Waals surface area (Å²) in [6.45, 7) is 8.90. The van der Waals surface area contributed by atoms with Gasteiger partial charge < -0.3 is 20.1 Å². The number of benzene rings is 1. The van der Waals surface area contributed by atoms with Gasteiger partial charge in [0.05, 0.1) is 38.2 Å². The minimum atomic E-state index is 0.524. The van der Waals surface area contributed by atoms with Gasteiger partial charge in [0.2, 0.25) is 0 Å². The SMILES string of the molecule is CCNC(=NCc1ccn(-c2ccc(OC)cc2)n1)NCCN1CCOCC1.